The number of carbonyl (C=O) groups is 1. The van der Waals surface area contributed by atoms with Crippen LogP contribution in [0.4, 0.5) is 16.4 Å². The quantitative estimate of drug-likeness (QED) is 0.0235. The summed E-state index contributed by atoms with van der Waals surface area (Å²) in [5.74, 6) is 1.74. The molecule has 0 unspecified atom stereocenters. The number of nitrogens with one attached hydrogen (secondary N) is 5. The summed E-state index contributed by atoms with van der Waals surface area (Å²) in [4.78, 5) is 54.0. The molecule has 0 saturated heterocycles. The fourth-order valence-electron chi connectivity index (χ4n) is 14.3. The zero-order valence-corrected chi connectivity index (χ0v) is 62.0. The van der Waals surface area contributed by atoms with Crippen molar-refractivity contribution in [1.29, 1.82) is 0 Å². The minimum atomic E-state index is -0.582. The van der Waals surface area contributed by atoms with E-state index >= 15 is 0 Å². The van der Waals surface area contributed by atoms with Crippen LogP contribution in [-0.4, -0.2) is 55.8 Å². The smallest absolute Gasteiger partial charge is 0.326 e. The van der Waals surface area contributed by atoms with E-state index in [2.05, 4.69) is 173 Å². The number of benzene rings is 5. The molecular weight excluding hydrogens is 1290 g/mol. The van der Waals surface area contributed by atoms with E-state index in [0.717, 1.165) is 128 Å². The van der Waals surface area contributed by atoms with Gasteiger partial charge in [0, 0.05) is 61.6 Å². The normalized spacial score (nSPS) is 11.7. The van der Waals surface area contributed by atoms with E-state index in [-0.39, 0.29) is 5.95 Å². The summed E-state index contributed by atoms with van der Waals surface area (Å²) in [6, 6.07) is 52.2. The number of fused-ring (bicyclic) bond motifs is 8. The molecule has 6 heterocycles. The van der Waals surface area contributed by atoms with Crippen LogP contribution in [0.2, 0.25) is 0 Å². The van der Waals surface area contributed by atoms with Crippen LogP contribution in [0.25, 0.3) is 102 Å². The number of ether oxygens (including phenoxy) is 3. The molecule has 0 spiro atoms. The highest BCUT2D eigenvalue weighted by molar-refractivity contribution is 6.01. The number of aromatic amines is 3. The van der Waals surface area contributed by atoms with E-state index in [1.54, 1.807) is 0 Å². The standard InChI is InChI=1S/C91H110N8O5/c1-4-7-10-13-16-19-22-25-28-40-61-102-82-64-71(65-83(103-62-41-29-26-23-20-17-14-11-8-5-2)89(82)104-63-42-30-27-24-21-18-15-12-9-6-3)81-66-84(100)98-90(97-81)99-91(101)92-72-51-49-70(50-52-72)88-79-59-57-77(95-79)86(68-45-36-32-37-46-68)75-55-53-73(93-75)85(67-43-34-31-35-44-67)74-54-56-76(94-74)87(69-47-38-33-39-48-69)78-58-60-80(88)96-78/h31-39,43-60,64-66,93,96H,4-30,40-42,61-63H2,1-3H3,(H3,92,97,98,99,100,101). The van der Waals surface area contributed by atoms with Crippen LogP contribution in [0.15, 0.2) is 163 Å². The summed E-state index contributed by atoms with van der Waals surface area (Å²) in [6.07, 6.45) is 45.2. The number of hydrogen-bond acceptors (Lipinski definition) is 8. The molecule has 2 aliphatic rings. The molecule has 0 fully saturated rings. The van der Waals surface area contributed by atoms with E-state index in [4.69, 9.17) is 24.2 Å². The second-order valence-electron chi connectivity index (χ2n) is 28.1. The highest BCUT2D eigenvalue weighted by Crippen LogP contribution is 2.43. The number of H-pyrrole nitrogens is 3. The van der Waals surface area contributed by atoms with Crippen LogP contribution in [0.3, 0.4) is 0 Å². The molecule has 8 bridgehead atoms. The Morgan fingerprint density at radius 1 is 0.337 bits per heavy atom. The number of nitrogens with zero attached hydrogens (tertiary/aromatic N) is 3. The monoisotopic (exact) mass is 1390 g/mol. The lowest BCUT2D eigenvalue weighted by Gasteiger charge is -2.19. The zero-order valence-electron chi connectivity index (χ0n) is 62.0. The number of amides is 2. The average Bonchev–Trinajstić information content (AvgIpc) is 1.60. The molecule has 2 amide bonds. The SMILES string of the molecule is CCCCCCCCCCCCOc1cc(-c2cc(=O)nc(NC(=O)Nc3ccc(-c4c5nc(c(-c6ccccc6)c6ccc([nH]6)c(-c6ccccc6)c6nc(c(-c7ccccc7)c7ccc4[nH]7)C=C6)C=C5)cc3)[nH]2)cc(OCCCCCCCCCCCC)c1OCCCCCCCCCCCC. The number of rotatable bonds is 43. The topological polar surface area (TPSA) is 172 Å². The summed E-state index contributed by atoms with van der Waals surface area (Å²) < 4.78 is 20.2. The highest BCUT2D eigenvalue weighted by Gasteiger charge is 2.22. The molecule has 0 atom stereocenters. The van der Waals surface area contributed by atoms with E-state index in [9.17, 15) is 9.59 Å². The Kier molecular flexibility index (Phi) is 29.7. The molecule has 0 saturated carbocycles. The largest absolute Gasteiger partial charge is 0.490 e. The summed E-state index contributed by atoms with van der Waals surface area (Å²) in [7, 11) is 0. The van der Waals surface area contributed by atoms with Crippen molar-refractivity contribution in [3.63, 3.8) is 0 Å². The average molecular weight is 1400 g/mol. The second-order valence-corrected chi connectivity index (χ2v) is 28.1. The Morgan fingerprint density at radius 2 is 0.663 bits per heavy atom. The first-order valence-electron chi connectivity index (χ1n) is 39.5. The molecule has 5 aromatic carbocycles. The Balaban J connectivity index is 0.866. The predicted octanol–water partition coefficient (Wildman–Crippen LogP) is 25.6. The van der Waals surface area contributed by atoms with Gasteiger partial charge in [0.15, 0.2) is 11.5 Å². The van der Waals surface area contributed by atoms with Crippen molar-refractivity contribution >= 4 is 64.0 Å². The number of urea groups is 1. The van der Waals surface area contributed by atoms with E-state index < -0.39 is 11.6 Å². The van der Waals surface area contributed by atoms with Gasteiger partial charge >= 0.3 is 6.03 Å². The van der Waals surface area contributed by atoms with Crippen LogP contribution in [0.1, 0.15) is 236 Å². The molecule has 104 heavy (non-hydrogen) atoms. The van der Waals surface area contributed by atoms with Crippen molar-refractivity contribution in [2.45, 2.75) is 213 Å². The van der Waals surface area contributed by atoms with Crippen molar-refractivity contribution in [3.05, 3.63) is 191 Å². The van der Waals surface area contributed by atoms with Crippen molar-refractivity contribution in [2.24, 2.45) is 0 Å². The van der Waals surface area contributed by atoms with Crippen molar-refractivity contribution in [2.75, 3.05) is 30.5 Å². The molecule has 544 valence electrons. The third kappa shape index (κ3) is 21.9. The molecule has 0 radical (unpaired) electrons. The first-order chi connectivity index (χ1) is 51.3. The molecule has 9 aromatic rings. The number of unbranched alkanes of at least 4 members (excludes halogenated alkanes) is 27. The molecule has 13 nitrogen and oxygen atoms in total. The lowest BCUT2D eigenvalue weighted by molar-refractivity contribution is 0.234. The predicted molar refractivity (Wildman–Crippen MR) is 436 cm³/mol. The molecule has 5 N–H and O–H groups in total. The van der Waals surface area contributed by atoms with Crippen LogP contribution in [0, 0.1) is 0 Å². The van der Waals surface area contributed by atoms with Gasteiger partial charge < -0.3 is 34.5 Å². The Morgan fingerprint density at radius 3 is 1.02 bits per heavy atom. The number of anilines is 2. The van der Waals surface area contributed by atoms with Gasteiger partial charge in [-0.15, -0.1) is 0 Å². The molecule has 13 heteroatoms. The third-order valence-electron chi connectivity index (χ3n) is 19.9. The maximum atomic E-state index is 14.2. The summed E-state index contributed by atoms with van der Waals surface area (Å²) in [6.45, 7) is 8.39. The molecule has 11 rings (SSSR count). The van der Waals surface area contributed by atoms with Gasteiger partial charge in [-0.2, -0.15) is 4.98 Å². The van der Waals surface area contributed by atoms with E-state index in [0.29, 0.717) is 54.0 Å². The summed E-state index contributed by atoms with van der Waals surface area (Å²) >= 11 is 0. The van der Waals surface area contributed by atoms with Gasteiger partial charge in [-0.25, -0.2) is 14.8 Å². The Labute approximate surface area is 617 Å². The fraction of sp³-hybridized carbons (Fsp3) is 0.396. The van der Waals surface area contributed by atoms with Gasteiger partial charge in [-0.05, 0) is 114 Å². The number of carbonyl (C=O) groups excluding carboxylic acids is 1. The Bertz CT molecular complexity index is 4360. The second kappa shape index (κ2) is 40.9. The maximum absolute atomic E-state index is 14.2. The van der Waals surface area contributed by atoms with Crippen molar-refractivity contribution in [1.82, 2.24) is 29.9 Å². The molecular formula is C91H110N8O5. The van der Waals surface area contributed by atoms with Crippen molar-refractivity contribution < 1.29 is 19.0 Å². The lowest BCUT2D eigenvalue weighted by atomic mass is 10.0. The lowest BCUT2D eigenvalue weighted by Crippen LogP contribution is -2.23. The minimum Gasteiger partial charge on any atom is -0.490 e. The van der Waals surface area contributed by atoms with Gasteiger partial charge in [0.2, 0.25) is 11.7 Å². The van der Waals surface area contributed by atoms with Crippen LogP contribution >= 0.6 is 0 Å². The first kappa shape index (κ1) is 75.4. The molecule has 0 aliphatic carbocycles. The summed E-state index contributed by atoms with van der Waals surface area (Å²) in [5, 5.41) is 5.85. The molecule has 4 aromatic heterocycles. The van der Waals surface area contributed by atoms with Gasteiger partial charge in [-0.1, -0.05) is 297 Å². The van der Waals surface area contributed by atoms with Gasteiger partial charge in [0.25, 0.3) is 5.56 Å². The minimum absolute atomic E-state index is 0.0114. The zero-order chi connectivity index (χ0) is 71.8. The summed E-state index contributed by atoms with van der Waals surface area (Å²) in [5.41, 5.74) is 15.6. The number of aromatic nitrogens is 6. The highest BCUT2D eigenvalue weighted by atomic mass is 16.5. The van der Waals surface area contributed by atoms with Crippen LogP contribution < -0.4 is 30.4 Å². The third-order valence-corrected chi connectivity index (χ3v) is 19.9. The van der Waals surface area contributed by atoms with Crippen LogP contribution in [-0.2, 0) is 0 Å². The van der Waals surface area contributed by atoms with Gasteiger partial charge in [0.1, 0.15) is 0 Å². The Hall–Kier alpha value is -9.75. The molecule has 2 aliphatic heterocycles. The van der Waals surface area contributed by atoms with Crippen molar-refractivity contribution in [3.8, 4) is 73.0 Å². The number of hydrogen-bond donors (Lipinski definition) is 5. The van der Waals surface area contributed by atoms with Gasteiger partial charge in [0.05, 0.1) is 48.3 Å². The van der Waals surface area contributed by atoms with E-state index in [1.807, 2.05) is 54.6 Å². The van der Waals surface area contributed by atoms with Gasteiger partial charge in [-0.3, -0.25) is 10.1 Å². The first-order valence-corrected chi connectivity index (χ1v) is 39.5. The fourth-order valence-corrected chi connectivity index (χ4v) is 14.3. The van der Waals surface area contributed by atoms with Crippen LogP contribution in [0.5, 0.6) is 17.2 Å². The van der Waals surface area contributed by atoms with E-state index in [1.165, 1.54) is 160 Å². The maximum Gasteiger partial charge on any atom is 0.326 e.